The fraction of sp³-hybridized carbons (Fsp3) is 0.333. The Kier molecular flexibility index (Phi) is 5.34. The van der Waals surface area contributed by atoms with Crippen molar-refractivity contribution in [3.63, 3.8) is 0 Å². The monoisotopic (exact) mass is 300 g/mol. The lowest BCUT2D eigenvalue weighted by atomic mass is 10.1. The second-order valence-electron chi connectivity index (χ2n) is 5.39. The molecule has 0 fully saturated rings. The molecule has 0 radical (unpaired) electrons. The van der Waals surface area contributed by atoms with Gasteiger partial charge in [-0.15, -0.1) is 0 Å². The van der Waals surface area contributed by atoms with E-state index in [0.717, 1.165) is 0 Å². The molecule has 2 rings (SSSR count). The molecular weight excluding hydrogens is 276 g/mol. The Labute approximate surface area is 129 Å². The van der Waals surface area contributed by atoms with E-state index >= 15 is 0 Å². The van der Waals surface area contributed by atoms with E-state index in [9.17, 15) is 0 Å². The Morgan fingerprint density at radius 2 is 1.00 bits per heavy atom. The molecule has 2 aromatic rings. The molecule has 0 aliphatic rings. The van der Waals surface area contributed by atoms with Gasteiger partial charge in [-0.05, 0) is 11.1 Å². The molecular formula is C18H24O2Si. The minimum Gasteiger partial charge on any atom is -0.397 e. The average molecular weight is 300 g/mol. The normalized spacial score (nSPS) is 14.7. The lowest BCUT2D eigenvalue weighted by molar-refractivity contribution is 0.221. The molecule has 0 saturated heterocycles. The van der Waals surface area contributed by atoms with Crippen LogP contribution < -0.4 is 0 Å². The van der Waals surface area contributed by atoms with E-state index in [1.807, 2.05) is 12.1 Å². The second-order valence-corrected chi connectivity index (χ2v) is 9.39. The maximum absolute atomic E-state index is 6.04. The molecule has 0 N–H and O–H groups in total. The SMILES string of the molecule is CO[Si](OC)(C(C)c1ccccc1)C(C)c1ccccc1. The summed E-state index contributed by atoms with van der Waals surface area (Å²) in [5.41, 5.74) is 3.05. The summed E-state index contributed by atoms with van der Waals surface area (Å²) in [6.07, 6.45) is 0. The van der Waals surface area contributed by atoms with Gasteiger partial charge in [-0.1, -0.05) is 74.5 Å². The fourth-order valence-electron chi connectivity index (χ4n) is 3.11. The first-order valence-electron chi connectivity index (χ1n) is 7.36. The van der Waals surface area contributed by atoms with Crippen molar-refractivity contribution in [1.29, 1.82) is 0 Å². The molecule has 112 valence electrons. The van der Waals surface area contributed by atoms with Crippen molar-refractivity contribution in [2.75, 3.05) is 14.2 Å². The highest BCUT2D eigenvalue weighted by molar-refractivity contribution is 6.70. The molecule has 21 heavy (non-hydrogen) atoms. The van der Waals surface area contributed by atoms with Crippen molar-refractivity contribution in [3.8, 4) is 0 Å². The summed E-state index contributed by atoms with van der Waals surface area (Å²) < 4.78 is 12.1. The van der Waals surface area contributed by atoms with Gasteiger partial charge in [0.1, 0.15) is 0 Å². The summed E-state index contributed by atoms with van der Waals surface area (Å²) in [7, 11) is 1.14. The molecule has 2 atom stereocenters. The van der Waals surface area contributed by atoms with Crippen LogP contribution in [-0.4, -0.2) is 22.8 Å². The first kappa shape index (κ1) is 16.0. The van der Waals surface area contributed by atoms with Crippen LogP contribution in [0, 0.1) is 0 Å². The Hall–Kier alpha value is -1.42. The largest absolute Gasteiger partial charge is 0.397 e. The fourth-order valence-corrected chi connectivity index (χ4v) is 6.76. The Bertz CT molecular complexity index is 490. The first-order chi connectivity index (χ1) is 10.2. The Morgan fingerprint density at radius 3 is 1.29 bits per heavy atom. The zero-order chi connectivity index (χ0) is 15.3. The molecule has 2 aromatic carbocycles. The standard InChI is InChI=1S/C18H24O2Si/c1-15(17-11-7-5-8-12-17)21(19-3,20-4)16(2)18-13-9-6-10-14-18/h5-16H,1-4H3. The van der Waals surface area contributed by atoms with Crippen molar-refractivity contribution in [2.24, 2.45) is 0 Å². The highest BCUT2D eigenvalue weighted by Crippen LogP contribution is 2.38. The summed E-state index contributed by atoms with van der Waals surface area (Å²) in [6, 6.07) is 21.0. The molecule has 0 amide bonds. The molecule has 0 saturated carbocycles. The van der Waals surface area contributed by atoms with Crippen LogP contribution in [-0.2, 0) is 8.85 Å². The van der Waals surface area contributed by atoms with E-state index in [2.05, 4.69) is 62.4 Å². The maximum atomic E-state index is 6.04. The van der Waals surface area contributed by atoms with E-state index in [4.69, 9.17) is 8.85 Å². The lowest BCUT2D eigenvalue weighted by Gasteiger charge is -2.38. The number of hydrogen-bond acceptors (Lipinski definition) is 2. The lowest BCUT2D eigenvalue weighted by Crippen LogP contribution is -2.51. The molecule has 0 spiro atoms. The van der Waals surface area contributed by atoms with E-state index < -0.39 is 8.56 Å². The zero-order valence-corrected chi connectivity index (χ0v) is 14.2. The van der Waals surface area contributed by atoms with Gasteiger partial charge in [0.25, 0.3) is 0 Å². The minimum absolute atomic E-state index is 0.254. The van der Waals surface area contributed by atoms with Crippen LogP contribution >= 0.6 is 0 Å². The summed E-state index contributed by atoms with van der Waals surface area (Å²) in [5.74, 6) is 0. The quantitative estimate of drug-likeness (QED) is 0.736. The molecule has 0 heterocycles. The van der Waals surface area contributed by atoms with Gasteiger partial charge >= 0.3 is 8.56 Å². The third kappa shape index (κ3) is 3.10. The van der Waals surface area contributed by atoms with Crippen LogP contribution in [0.5, 0.6) is 0 Å². The third-order valence-corrected chi connectivity index (χ3v) is 8.80. The minimum atomic E-state index is -2.43. The predicted octanol–water partition coefficient (Wildman–Crippen LogP) is 4.41. The van der Waals surface area contributed by atoms with E-state index in [1.165, 1.54) is 11.1 Å². The zero-order valence-electron chi connectivity index (χ0n) is 13.2. The van der Waals surface area contributed by atoms with Gasteiger partial charge in [-0.3, -0.25) is 0 Å². The van der Waals surface area contributed by atoms with E-state index in [1.54, 1.807) is 14.2 Å². The number of hydrogen-bond donors (Lipinski definition) is 0. The number of benzene rings is 2. The van der Waals surface area contributed by atoms with Gasteiger partial charge < -0.3 is 8.85 Å². The molecule has 0 aromatic heterocycles. The highest BCUT2D eigenvalue weighted by Gasteiger charge is 2.48. The highest BCUT2D eigenvalue weighted by atomic mass is 28.4. The summed E-state index contributed by atoms with van der Waals surface area (Å²) >= 11 is 0. The van der Waals surface area contributed by atoms with Crippen molar-refractivity contribution >= 4 is 8.56 Å². The maximum Gasteiger partial charge on any atom is 0.352 e. The van der Waals surface area contributed by atoms with E-state index in [0.29, 0.717) is 0 Å². The van der Waals surface area contributed by atoms with Crippen LogP contribution in [0.25, 0.3) is 0 Å². The Morgan fingerprint density at radius 1 is 0.667 bits per heavy atom. The van der Waals surface area contributed by atoms with Crippen molar-refractivity contribution < 1.29 is 8.85 Å². The van der Waals surface area contributed by atoms with Crippen molar-refractivity contribution in [2.45, 2.75) is 24.9 Å². The second kappa shape index (κ2) is 7.03. The van der Waals surface area contributed by atoms with Gasteiger partial charge in [0, 0.05) is 25.3 Å². The molecule has 2 unspecified atom stereocenters. The average Bonchev–Trinajstić information content (AvgIpc) is 2.57. The van der Waals surface area contributed by atoms with Crippen LogP contribution in [0.15, 0.2) is 60.7 Å². The molecule has 0 bridgehead atoms. The smallest absolute Gasteiger partial charge is 0.352 e. The summed E-state index contributed by atoms with van der Waals surface area (Å²) in [5, 5.41) is 0. The van der Waals surface area contributed by atoms with E-state index in [-0.39, 0.29) is 11.1 Å². The van der Waals surface area contributed by atoms with Gasteiger partial charge in [0.2, 0.25) is 0 Å². The van der Waals surface area contributed by atoms with Crippen molar-refractivity contribution in [1.82, 2.24) is 0 Å². The molecule has 2 nitrogen and oxygen atoms in total. The topological polar surface area (TPSA) is 18.5 Å². The molecule has 3 heteroatoms. The predicted molar refractivity (Wildman–Crippen MR) is 89.5 cm³/mol. The van der Waals surface area contributed by atoms with Crippen LogP contribution in [0.4, 0.5) is 0 Å². The van der Waals surface area contributed by atoms with Crippen LogP contribution in [0.1, 0.15) is 36.1 Å². The molecule has 0 aliphatic heterocycles. The number of rotatable bonds is 6. The van der Waals surface area contributed by atoms with Crippen molar-refractivity contribution in [3.05, 3.63) is 71.8 Å². The summed E-state index contributed by atoms with van der Waals surface area (Å²) in [6.45, 7) is 4.43. The van der Waals surface area contributed by atoms with Crippen LogP contribution in [0.2, 0.25) is 0 Å². The third-order valence-electron chi connectivity index (χ3n) is 4.44. The van der Waals surface area contributed by atoms with Crippen LogP contribution in [0.3, 0.4) is 0 Å². The van der Waals surface area contributed by atoms with Gasteiger partial charge in [0.05, 0.1) is 0 Å². The molecule has 0 aliphatic carbocycles. The Balaban J connectivity index is 2.40. The van der Waals surface area contributed by atoms with Gasteiger partial charge in [0.15, 0.2) is 0 Å². The van der Waals surface area contributed by atoms with Gasteiger partial charge in [-0.2, -0.15) is 0 Å². The van der Waals surface area contributed by atoms with Gasteiger partial charge in [-0.25, -0.2) is 0 Å². The first-order valence-corrected chi connectivity index (χ1v) is 9.33. The summed E-state index contributed by atoms with van der Waals surface area (Å²) in [4.78, 5) is 0.